The number of para-hydroxylation sites is 1. The molecule has 19 heavy (non-hydrogen) atoms. The number of anilines is 1. The van der Waals surface area contributed by atoms with Crippen LogP contribution in [0.5, 0.6) is 0 Å². The summed E-state index contributed by atoms with van der Waals surface area (Å²) in [5, 5.41) is 13.8. The Labute approximate surface area is 126 Å². The van der Waals surface area contributed by atoms with Gasteiger partial charge in [0, 0.05) is 15.2 Å². The lowest BCUT2D eigenvalue weighted by atomic mass is 9.92. The zero-order chi connectivity index (χ0) is 13.9. The number of hydrogen-bond donors (Lipinski definition) is 2. The van der Waals surface area contributed by atoms with Gasteiger partial charge in [-0.3, -0.25) is 0 Å². The molecule has 2 nitrogen and oxygen atoms in total. The molecule has 0 saturated heterocycles. The van der Waals surface area contributed by atoms with Gasteiger partial charge in [0.25, 0.3) is 0 Å². The predicted molar refractivity (Wildman–Crippen MR) is 83.7 cm³/mol. The van der Waals surface area contributed by atoms with Gasteiger partial charge in [0.05, 0.1) is 12.1 Å². The molecule has 100 valence electrons. The second-order valence-corrected chi connectivity index (χ2v) is 5.84. The van der Waals surface area contributed by atoms with Gasteiger partial charge in [-0.15, -0.1) is 0 Å². The summed E-state index contributed by atoms with van der Waals surface area (Å²) < 4.78 is 0.946. The topological polar surface area (TPSA) is 32.3 Å². The summed E-state index contributed by atoms with van der Waals surface area (Å²) in [5.41, 5.74) is 1.15. The molecule has 0 bridgehead atoms. The van der Waals surface area contributed by atoms with Crippen LogP contribution in [0.25, 0.3) is 0 Å². The summed E-state index contributed by atoms with van der Waals surface area (Å²) in [5.74, 6) is 0. The number of nitrogens with one attached hydrogen (secondary N) is 1. The van der Waals surface area contributed by atoms with Crippen LogP contribution in [0.4, 0.5) is 5.69 Å². The zero-order valence-corrected chi connectivity index (χ0v) is 12.9. The van der Waals surface area contributed by atoms with Crippen molar-refractivity contribution in [1.29, 1.82) is 0 Å². The van der Waals surface area contributed by atoms with Crippen LogP contribution in [-0.4, -0.2) is 11.7 Å². The van der Waals surface area contributed by atoms with Crippen molar-refractivity contribution in [2.75, 3.05) is 11.9 Å². The molecule has 2 rings (SSSR count). The highest BCUT2D eigenvalue weighted by atomic mass is 79.9. The molecule has 2 aromatic rings. The maximum atomic E-state index is 9.78. The standard InChI is InChI=1S/C15H15BrClNO/c1-15(10-19,11-6-2-4-8-13(11)17)18-14-9-5-3-7-12(14)16/h2-9,18-19H,10H2,1H3. The van der Waals surface area contributed by atoms with E-state index in [9.17, 15) is 5.11 Å². The molecule has 0 amide bonds. The van der Waals surface area contributed by atoms with Gasteiger partial charge < -0.3 is 10.4 Å². The van der Waals surface area contributed by atoms with Crippen molar-refractivity contribution in [1.82, 2.24) is 0 Å². The minimum Gasteiger partial charge on any atom is -0.394 e. The second-order valence-electron chi connectivity index (χ2n) is 4.57. The first-order valence-corrected chi connectivity index (χ1v) is 7.12. The molecule has 0 saturated carbocycles. The third-order valence-corrected chi connectivity index (χ3v) is 4.09. The molecule has 0 aliphatic heterocycles. The lowest BCUT2D eigenvalue weighted by Gasteiger charge is -2.31. The van der Waals surface area contributed by atoms with Crippen LogP contribution in [0.2, 0.25) is 5.02 Å². The Bertz CT molecular complexity index is 576. The Morgan fingerprint density at radius 3 is 2.42 bits per heavy atom. The SMILES string of the molecule is CC(CO)(Nc1ccccc1Br)c1ccccc1Cl. The van der Waals surface area contributed by atoms with E-state index < -0.39 is 5.54 Å². The Kier molecular flexibility index (Phi) is 4.50. The van der Waals surface area contributed by atoms with Crippen molar-refractivity contribution in [3.63, 3.8) is 0 Å². The first kappa shape index (κ1) is 14.4. The molecule has 0 heterocycles. The van der Waals surface area contributed by atoms with E-state index in [0.29, 0.717) is 5.02 Å². The normalized spacial score (nSPS) is 13.9. The maximum Gasteiger partial charge on any atom is 0.0843 e. The first-order chi connectivity index (χ1) is 9.07. The fourth-order valence-electron chi connectivity index (χ4n) is 1.96. The highest BCUT2D eigenvalue weighted by Crippen LogP contribution is 2.33. The third-order valence-electron chi connectivity index (χ3n) is 3.07. The van der Waals surface area contributed by atoms with E-state index >= 15 is 0 Å². The van der Waals surface area contributed by atoms with Gasteiger partial charge in [0.2, 0.25) is 0 Å². The van der Waals surface area contributed by atoms with E-state index in [-0.39, 0.29) is 6.61 Å². The quantitative estimate of drug-likeness (QED) is 0.863. The lowest BCUT2D eigenvalue weighted by molar-refractivity contribution is 0.224. The fraction of sp³-hybridized carbons (Fsp3) is 0.200. The molecule has 1 unspecified atom stereocenters. The highest BCUT2D eigenvalue weighted by Gasteiger charge is 2.28. The van der Waals surface area contributed by atoms with E-state index in [1.807, 2.05) is 55.5 Å². The number of halogens is 2. The van der Waals surface area contributed by atoms with Gasteiger partial charge in [0.1, 0.15) is 0 Å². The van der Waals surface area contributed by atoms with Crippen LogP contribution >= 0.6 is 27.5 Å². The smallest absolute Gasteiger partial charge is 0.0843 e. The van der Waals surface area contributed by atoms with Gasteiger partial charge in [-0.25, -0.2) is 0 Å². The first-order valence-electron chi connectivity index (χ1n) is 5.95. The molecule has 0 spiro atoms. The van der Waals surface area contributed by atoms with Crippen molar-refractivity contribution in [2.24, 2.45) is 0 Å². The number of hydrogen-bond acceptors (Lipinski definition) is 2. The molecule has 2 N–H and O–H groups in total. The Morgan fingerprint density at radius 1 is 1.16 bits per heavy atom. The molecule has 1 atom stereocenters. The Balaban J connectivity index is 2.39. The van der Waals surface area contributed by atoms with Crippen molar-refractivity contribution < 1.29 is 5.11 Å². The average Bonchev–Trinajstić information content (AvgIpc) is 2.42. The third kappa shape index (κ3) is 3.11. The van der Waals surface area contributed by atoms with Crippen LogP contribution in [-0.2, 0) is 5.54 Å². The number of aliphatic hydroxyl groups is 1. The van der Waals surface area contributed by atoms with E-state index in [2.05, 4.69) is 21.2 Å². The van der Waals surface area contributed by atoms with E-state index in [1.165, 1.54) is 0 Å². The minimum absolute atomic E-state index is 0.0575. The molecule has 0 aliphatic rings. The zero-order valence-electron chi connectivity index (χ0n) is 10.5. The van der Waals surface area contributed by atoms with Gasteiger partial charge in [0.15, 0.2) is 0 Å². The molecule has 0 radical (unpaired) electrons. The molecule has 0 aliphatic carbocycles. The maximum absolute atomic E-state index is 9.78. The predicted octanol–water partition coefficient (Wildman–Crippen LogP) is 4.42. The Hall–Kier alpha value is -1.03. The summed E-state index contributed by atoms with van der Waals surface area (Å²) in [7, 11) is 0. The molecule has 4 heteroatoms. The van der Waals surface area contributed by atoms with Crippen LogP contribution in [0, 0.1) is 0 Å². The van der Waals surface area contributed by atoms with E-state index in [4.69, 9.17) is 11.6 Å². The number of rotatable bonds is 4. The van der Waals surface area contributed by atoms with Gasteiger partial charge in [-0.05, 0) is 46.6 Å². The largest absolute Gasteiger partial charge is 0.394 e. The molecule has 0 fully saturated rings. The van der Waals surface area contributed by atoms with E-state index in [1.54, 1.807) is 0 Å². The number of benzene rings is 2. The van der Waals surface area contributed by atoms with Gasteiger partial charge >= 0.3 is 0 Å². The van der Waals surface area contributed by atoms with Crippen molar-refractivity contribution in [3.8, 4) is 0 Å². The summed E-state index contributed by atoms with van der Waals surface area (Å²) >= 11 is 9.72. The summed E-state index contributed by atoms with van der Waals surface area (Å²) in [6.07, 6.45) is 0. The summed E-state index contributed by atoms with van der Waals surface area (Å²) in [6.45, 7) is 1.87. The van der Waals surface area contributed by atoms with Crippen LogP contribution in [0.3, 0.4) is 0 Å². The van der Waals surface area contributed by atoms with Crippen LogP contribution in [0.1, 0.15) is 12.5 Å². The summed E-state index contributed by atoms with van der Waals surface area (Å²) in [4.78, 5) is 0. The van der Waals surface area contributed by atoms with Gasteiger partial charge in [-0.1, -0.05) is 41.9 Å². The van der Waals surface area contributed by atoms with Crippen LogP contribution < -0.4 is 5.32 Å². The summed E-state index contributed by atoms with van der Waals surface area (Å²) in [6, 6.07) is 15.3. The average molecular weight is 341 g/mol. The van der Waals surface area contributed by atoms with Crippen molar-refractivity contribution in [3.05, 3.63) is 63.6 Å². The highest BCUT2D eigenvalue weighted by molar-refractivity contribution is 9.10. The minimum atomic E-state index is -0.637. The fourth-order valence-corrected chi connectivity index (χ4v) is 2.69. The molecular weight excluding hydrogens is 326 g/mol. The van der Waals surface area contributed by atoms with Crippen molar-refractivity contribution in [2.45, 2.75) is 12.5 Å². The lowest BCUT2D eigenvalue weighted by Crippen LogP contribution is -2.36. The van der Waals surface area contributed by atoms with Crippen LogP contribution in [0.15, 0.2) is 53.0 Å². The molecule has 2 aromatic carbocycles. The monoisotopic (exact) mass is 339 g/mol. The van der Waals surface area contributed by atoms with E-state index in [0.717, 1.165) is 15.7 Å². The van der Waals surface area contributed by atoms with Gasteiger partial charge in [-0.2, -0.15) is 0 Å². The molecular formula is C15H15BrClNO. The van der Waals surface area contributed by atoms with Crippen molar-refractivity contribution >= 4 is 33.2 Å². The molecule has 0 aromatic heterocycles. The number of aliphatic hydroxyl groups excluding tert-OH is 1. The Morgan fingerprint density at radius 2 is 1.79 bits per heavy atom. The second kappa shape index (κ2) is 5.95.